The zero-order valence-electron chi connectivity index (χ0n) is 10.5. The molecule has 0 bridgehead atoms. The largest absolute Gasteiger partial charge is 0.375 e. The molecule has 2 heterocycles. The van der Waals surface area contributed by atoms with E-state index < -0.39 is 0 Å². The predicted molar refractivity (Wildman–Crippen MR) is 76.3 cm³/mol. The molecular weight excluding hydrogens is 312 g/mol. The third-order valence-electron chi connectivity index (χ3n) is 4.23. The van der Waals surface area contributed by atoms with Crippen LogP contribution in [0.3, 0.4) is 0 Å². The fourth-order valence-electron chi connectivity index (χ4n) is 2.95. The molecule has 0 N–H and O–H groups in total. The number of ketones is 1. The zero-order valence-corrected chi connectivity index (χ0v) is 12.9. The van der Waals surface area contributed by atoms with E-state index in [-0.39, 0.29) is 11.5 Å². The van der Waals surface area contributed by atoms with Crippen LogP contribution in [-0.2, 0) is 4.74 Å². The van der Waals surface area contributed by atoms with E-state index in [1.165, 1.54) is 6.42 Å². The first-order chi connectivity index (χ1) is 8.60. The Morgan fingerprint density at radius 3 is 2.89 bits per heavy atom. The van der Waals surface area contributed by atoms with E-state index in [2.05, 4.69) is 15.9 Å². The van der Waals surface area contributed by atoms with E-state index in [1.807, 2.05) is 13.0 Å². The topological polar surface area (TPSA) is 26.3 Å². The number of thiophene rings is 1. The number of ether oxygens (including phenoxy) is 1. The Kier molecular flexibility index (Phi) is 3.37. The first-order valence-electron chi connectivity index (χ1n) is 6.54. The molecule has 3 rings (SSSR count). The predicted octanol–water partition coefficient (Wildman–Crippen LogP) is 4.35. The fraction of sp³-hybridized carbons (Fsp3) is 0.643. The third kappa shape index (κ3) is 2.19. The highest BCUT2D eigenvalue weighted by molar-refractivity contribution is 9.11. The lowest BCUT2D eigenvalue weighted by atomic mass is 9.71. The van der Waals surface area contributed by atoms with Crippen molar-refractivity contribution in [3.05, 3.63) is 20.3 Å². The van der Waals surface area contributed by atoms with E-state index in [1.54, 1.807) is 11.3 Å². The Hall–Kier alpha value is -0.190. The highest BCUT2D eigenvalue weighted by Gasteiger charge is 2.44. The van der Waals surface area contributed by atoms with Crippen LogP contribution in [0, 0.1) is 12.8 Å². The average molecular weight is 329 g/mol. The molecule has 0 aromatic carbocycles. The van der Waals surface area contributed by atoms with Crippen molar-refractivity contribution in [2.45, 2.75) is 44.6 Å². The molecule has 0 radical (unpaired) electrons. The normalized spacial score (nSPS) is 26.0. The summed E-state index contributed by atoms with van der Waals surface area (Å²) in [4.78, 5) is 13.4. The highest BCUT2D eigenvalue weighted by atomic mass is 79.9. The molecule has 1 saturated heterocycles. The number of hydrogen-bond acceptors (Lipinski definition) is 3. The fourth-order valence-corrected chi connectivity index (χ4v) is 4.51. The van der Waals surface area contributed by atoms with Gasteiger partial charge in [0.25, 0.3) is 0 Å². The summed E-state index contributed by atoms with van der Waals surface area (Å²) in [5.41, 5.74) is 1.22. The maximum absolute atomic E-state index is 12.5. The second-order valence-electron chi connectivity index (χ2n) is 5.51. The monoisotopic (exact) mass is 328 g/mol. The van der Waals surface area contributed by atoms with Gasteiger partial charge in [0.15, 0.2) is 5.78 Å². The van der Waals surface area contributed by atoms with Gasteiger partial charge < -0.3 is 4.74 Å². The number of halogens is 1. The first kappa shape index (κ1) is 12.8. The van der Waals surface area contributed by atoms with Crippen LogP contribution in [0.2, 0.25) is 0 Å². The molecule has 1 aliphatic carbocycles. The van der Waals surface area contributed by atoms with Gasteiger partial charge in [0.05, 0.1) is 14.3 Å². The second-order valence-corrected chi connectivity index (χ2v) is 7.88. The van der Waals surface area contributed by atoms with Gasteiger partial charge in [-0.2, -0.15) is 0 Å². The van der Waals surface area contributed by atoms with Crippen molar-refractivity contribution in [1.29, 1.82) is 0 Å². The van der Waals surface area contributed by atoms with E-state index in [9.17, 15) is 4.79 Å². The Balaban J connectivity index is 1.75. The van der Waals surface area contributed by atoms with Crippen LogP contribution in [0.5, 0.6) is 0 Å². The minimum atomic E-state index is 0.0577. The molecule has 1 aromatic heterocycles. The molecule has 98 valence electrons. The summed E-state index contributed by atoms with van der Waals surface area (Å²) in [6.45, 7) is 2.79. The van der Waals surface area contributed by atoms with Gasteiger partial charge in [-0.3, -0.25) is 4.79 Å². The van der Waals surface area contributed by atoms with Gasteiger partial charge in [-0.15, -0.1) is 11.3 Å². The van der Waals surface area contributed by atoms with Crippen molar-refractivity contribution >= 4 is 33.0 Å². The van der Waals surface area contributed by atoms with Crippen LogP contribution in [0.25, 0.3) is 0 Å². The van der Waals surface area contributed by atoms with Gasteiger partial charge >= 0.3 is 0 Å². The van der Waals surface area contributed by atoms with E-state index >= 15 is 0 Å². The Labute approximate surface area is 120 Å². The van der Waals surface area contributed by atoms with E-state index in [0.717, 1.165) is 46.5 Å². The van der Waals surface area contributed by atoms with Crippen molar-refractivity contribution in [3.8, 4) is 0 Å². The Morgan fingerprint density at radius 1 is 1.56 bits per heavy atom. The van der Waals surface area contributed by atoms with Crippen molar-refractivity contribution in [2.75, 3.05) is 6.61 Å². The van der Waals surface area contributed by atoms with E-state index in [4.69, 9.17) is 4.74 Å². The smallest absolute Gasteiger partial charge is 0.176 e. The summed E-state index contributed by atoms with van der Waals surface area (Å²) in [7, 11) is 0. The molecule has 1 saturated carbocycles. The SMILES string of the molecule is Cc1cc(C(=O)C2CCOC3(CCC3)C2)sc1Br. The summed E-state index contributed by atoms with van der Waals surface area (Å²) >= 11 is 5.07. The number of Topliss-reactive ketones (excluding diaryl/α,β-unsaturated/α-hetero) is 1. The molecule has 0 amide bonds. The lowest BCUT2D eigenvalue weighted by Crippen LogP contribution is -2.46. The van der Waals surface area contributed by atoms with E-state index in [0.29, 0.717) is 5.78 Å². The van der Waals surface area contributed by atoms with Gasteiger partial charge in [-0.05, 0) is 66.6 Å². The lowest BCUT2D eigenvalue weighted by Gasteiger charge is -2.46. The van der Waals surface area contributed by atoms with Crippen LogP contribution < -0.4 is 0 Å². The molecule has 1 aliphatic heterocycles. The van der Waals surface area contributed by atoms with Crippen LogP contribution in [0.4, 0.5) is 0 Å². The first-order valence-corrected chi connectivity index (χ1v) is 8.15. The van der Waals surface area contributed by atoms with Gasteiger partial charge in [0.2, 0.25) is 0 Å². The number of hydrogen-bond donors (Lipinski definition) is 0. The maximum atomic E-state index is 12.5. The molecule has 2 nitrogen and oxygen atoms in total. The molecule has 1 unspecified atom stereocenters. The van der Waals surface area contributed by atoms with Crippen molar-refractivity contribution in [3.63, 3.8) is 0 Å². The molecule has 2 aliphatic rings. The van der Waals surface area contributed by atoms with Crippen LogP contribution in [0.15, 0.2) is 9.85 Å². The second kappa shape index (κ2) is 4.73. The highest BCUT2D eigenvalue weighted by Crippen LogP contribution is 2.45. The lowest BCUT2D eigenvalue weighted by molar-refractivity contribution is -0.137. The van der Waals surface area contributed by atoms with Crippen LogP contribution in [0.1, 0.15) is 47.3 Å². The standard InChI is InChI=1S/C14H17BrO2S/c1-9-7-11(18-13(9)15)12(16)10-3-6-17-14(8-10)4-2-5-14/h7,10H,2-6,8H2,1H3. The molecule has 1 spiro atoms. The number of carbonyl (C=O) groups is 1. The van der Waals surface area contributed by atoms with Gasteiger partial charge in [0.1, 0.15) is 0 Å². The number of carbonyl (C=O) groups excluding carboxylic acids is 1. The quantitative estimate of drug-likeness (QED) is 0.754. The van der Waals surface area contributed by atoms with Crippen LogP contribution >= 0.6 is 27.3 Å². The molecule has 1 aromatic rings. The molecular formula is C14H17BrO2S. The Morgan fingerprint density at radius 2 is 2.33 bits per heavy atom. The third-order valence-corrected chi connectivity index (χ3v) is 6.38. The zero-order chi connectivity index (χ0) is 12.8. The van der Waals surface area contributed by atoms with Crippen LogP contribution in [-0.4, -0.2) is 18.0 Å². The number of aryl methyl sites for hydroxylation is 1. The summed E-state index contributed by atoms with van der Waals surface area (Å²) < 4.78 is 6.97. The summed E-state index contributed by atoms with van der Waals surface area (Å²) in [6.07, 6.45) is 5.36. The number of rotatable bonds is 2. The van der Waals surface area contributed by atoms with Crippen molar-refractivity contribution in [1.82, 2.24) is 0 Å². The summed E-state index contributed by atoms with van der Waals surface area (Å²) in [5.74, 6) is 0.493. The Bertz CT molecular complexity index is 457. The van der Waals surface area contributed by atoms with Crippen molar-refractivity contribution in [2.24, 2.45) is 5.92 Å². The van der Waals surface area contributed by atoms with Crippen molar-refractivity contribution < 1.29 is 9.53 Å². The average Bonchev–Trinajstić information content (AvgIpc) is 2.67. The van der Waals surface area contributed by atoms with Gasteiger partial charge in [-0.1, -0.05) is 0 Å². The molecule has 18 heavy (non-hydrogen) atoms. The van der Waals surface area contributed by atoms with Gasteiger partial charge in [-0.25, -0.2) is 0 Å². The molecule has 1 atom stereocenters. The summed E-state index contributed by atoms with van der Waals surface area (Å²) in [5, 5.41) is 0. The minimum Gasteiger partial charge on any atom is -0.375 e. The molecule has 2 fully saturated rings. The minimum absolute atomic E-state index is 0.0577. The molecule has 4 heteroatoms. The summed E-state index contributed by atoms with van der Waals surface area (Å²) in [6, 6.07) is 2.01. The maximum Gasteiger partial charge on any atom is 0.176 e. The van der Waals surface area contributed by atoms with Gasteiger partial charge in [0, 0.05) is 12.5 Å².